The molecule has 0 aromatic heterocycles. The Labute approximate surface area is 196 Å². The number of carbonyl (C=O) groups excluding carboxylic acids is 1. The van der Waals surface area contributed by atoms with E-state index in [-0.39, 0.29) is 23.9 Å². The van der Waals surface area contributed by atoms with E-state index in [0.717, 1.165) is 48.2 Å². The first-order chi connectivity index (χ1) is 15.9. The van der Waals surface area contributed by atoms with Crippen LogP contribution in [-0.2, 0) is 26.1 Å². The Kier molecular flexibility index (Phi) is 9.25. The lowest BCUT2D eigenvalue weighted by Gasteiger charge is -2.31. The first-order valence-corrected chi connectivity index (χ1v) is 12.6. The van der Waals surface area contributed by atoms with E-state index in [2.05, 4.69) is 17.3 Å². The van der Waals surface area contributed by atoms with E-state index in [0.29, 0.717) is 12.6 Å². The topological polar surface area (TPSA) is 88.2 Å². The lowest BCUT2D eigenvalue weighted by atomic mass is 10.1. The molecule has 1 amide bonds. The maximum atomic E-state index is 12.6. The van der Waals surface area contributed by atoms with Crippen LogP contribution in [0.3, 0.4) is 0 Å². The summed E-state index contributed by atoms with van der Waals surface area (Å²) in [6.45, 7) is 3.07. The molecule has 1 aliphatic rings. The van der Waals surface area contributed by atoms with Gasteiger partial charge in [-0.25, -0.2) is 8.42 Å². The smallest absolute Gasteiger partial charge is 0.243 e. The third-order valence-electron chi connectivity index (χ3n) is 5.73. The quantitative estimate of drug-likeness (QED) is 0.536. The van der Waals surface area contributed by atoms with Gasteiger partial charge in [0.25, 0.3) is 0 Å². The summed E-state index contributed by atoms with van der Waals surface area (Å²) in [4.78, 5) is 14.8. The average Bonchev–Trinajstić information content (AvgIpc) is 2.84. The standard InChI is InChI=1S/C24H33N3O5S/c1-26(21-11-14-31-15-12-21)13-16-32-22-8-6-7-20(17-22)18-25-24(28)19-27(2)33(29,30)23-9-4-3-5-10-23/h3-10,17,21H,11-16,18-19H2,1-2H3,(H,25,28). The van der Waals surface area contributed by atoms with Gasteiger partial charge in [0, 0.05) is 39.4 Å². The average molecular weight is 476 g/mol. The molecule has 9 heteroatoms. The molecule has 3 rings (SSSR count). The zero-order valence-electron chi connectivity index (χ0n) is 19.3. The normalized spacial score (nSPS) is 15.0. The Morgan fingerprint density at radius 1 is 1.09 bits per heavy atom. The van der Waals surface area contributed by atoms with Crippen LogP contribution in [0.4, 0.5) is 0 Å². The number of ether oxygens (including phenoxy) is 2. The Morgan fingerprint density at radius 2 is 1.82 bits per heavy atom. The number of nitrogens with zero attached hydrogens (tertiary/aromatic N) is 2. The molecule has 1 N–H and O–H groups in total. The van der Waals surface area contributed by atoms with Crippen molar-refractivity contribution in [3.8, 4) is 5.75 Å². The van der Waals surface area contributed by atoms with Gasteiger partial charge in [-0.2, -0.15) is 4.31 Å². The van der Waals surface area contributed by atoms with Gasteiger partial charge in [-0.15, -0.1) is 0 Å². The Balaban J connectivity index is 1.43. The van der Waals surface area contributed by atoms with E-state index in [1.165, 1.54) is 19.2 Å². The Bertz CT molecular complexity index is 994. The van der Waals surface area contributed by atoms with Crippen LogP contribution in [0.25, 0.3) is 0 Å². The zero-order chi connectivity index (χ0) is 23.7. The van der Waals surface area contributed by atoms with Crippen molar-refractivity contribution >= 4 is 15.9 Å². The molecule has 1 fully saturated rings. The minimum Gasteiger partial charge on any atom is -0.492 e. The summed E-state index contributed by atoms with van der Waals surface area (Å²) in [5.74, 6) is 0.368. The molecule has 0 unspecified atom stereocenters. The van der Waals surface area contributed by atoms with Gasteiger partial charge >= 0.3 is 0 Å². The van der Waals surface area contributed by atoms with Crippen molar-refractivity contribution in [2.75, 3.05) is 47.0 Å². The van der Waals surface area contributed by atoms with Gasteiger partial charge < -0.3 is 14.8 Å². The van der Waals surface area contributed by atoms with Crippen molar-refractivity contribution in [3.05, 3.63) is 60.2 Å². The molecular weight excluding hydrogens is 442 g/mol. The van der Waals surface area contributed by atoms with Gasteiger partial charge in [0.05, 0.1) is 11.4 Å². The van der Waals surface area contributed by atoms with Gasteiger partial charge in [-0.3, -0.25) is 9.69 Å². The minimum absolute atomic E-state index is 0.160. The van der Waals surface area contributed by atoms with E-state index >= 15 is 0 Å². The number of hydrogen-bond donors (Lipinski definition) is 1. The van der Waals surface area contributed by atoms with Crippen molar-refractivity contribution in [2.24, 2.45) is 0 Å². The molecule has 0 radical (unpaired) electrons. The number of sulfonamides is 1. The maximum absolute atomic E-state index is 12.6. The van der Waals surface area contributed by atoms with E-state index in [1.54, 1.807) is 18.2 Å². The number of likely N-dealkylation sites (N-methyl/N-ethyl adjacent to an activating group) is 2. The van der Waals surface area contributed by atoms with Gasteiger partial charge in [0.1, 0.15) is 12.4 Å². The lowest BCUT2D eigenvalue weighted by molar-refractivity contribution is -0.121. The summed E-state index contributed by atoms with van der Waals surface area (Å²) < 4.78 is 37.5. The van der Waals surface area contributed by atoms with Crippen LogP contribution in [0.1, 0.15) is 18.4 Å². The van der Waals surface area contributed by atoms with Crippen molar-refractivity contribution in [1.29, 1.82) is 0 Å². The number of carbonyl (C=O) groups is 1. The van der Waals surface area contributed by atoms with E-state index in [9.17, 15) is 13.2 Å². The van der Waals surface area contributed by atoms with E-state index < -0.39 is 10.0 Å². The van der Waals surface area contributed by atoms with Gasteiger partial charge in [0.2, 0.25) is 15.9 Å². The second-order valence-corrected chi connectivity index (χ2v) is 10.2. The van der Waals surface area contributed by atoms with Crippen molar-refractivity contribution in [1.82, 2.24) is 14.5 Å². The fourth-order valence-corrected chi connectivity index (χ4v) is 4.83. The SMILES string of the molecule is CN(CCOc1cccc(CNC(=O)CN(C)S(=O)(=O)c2ccccc2)c1)C1CCOCC1. The molecule has 2 aromatic carbocycles. The number of nitrogens with one attached hydrogen (secondary N) is 1. The monoisotopic (exact) mass is 475 g/mol. The molecule has 8 nitrogen and oxygen atoms in total. The highest BCUT2D eigenvalue weighted by Gasteiger charge is 2.22. The highest BCUT2D eigenvalue weighted by molar-refractivity contribution is 7.89. The fourth-order valence-electron chi connectivity index (χ4n) is 3.68. The molecule has 0 atom stereocenters. The van der Waals surface area contributed by atoms with E-state index in [1.807, 2.05) is 24.3 Å². The fraction of sp³-hybridized carbons (Fsp3) is 0.458. The summed E-state index contributed by atoms with van der Waals surface area (Å²) in [6, 6.07) is 16.2. The van der Waals surface area contributed by atoms with Gasteiger partial charge in [-0.05, 0) is 49.7 Å². The van der Waals surface area contributed by atoms with Crippen LogP contribution in [-0.4, -0.2) is 76.6 Å². The summed E-state index contributed by atoms with van der Waals surface area (Å²) in [5, 5.41) is 2.78. The molecule has 33 heavy (non-hydrogen) atoms. The predicted octanol–water partition coefficient (Wildman–Crippen LogP) is 2.11. The Hall–Kier alpha value is -2.46. The number of rotatable bonds is 11. The summed E-state index contributed by atoms with van der Waals surface area (Å²) >= 11 is 0. The van der Waals surface area contributed by atoms with Crippen molar-refractivity contribution in [3.63, 3.8) is 0 Å². The van der Waals surface area contributed by atoms with Crippen molar-refractivity contribution < 1.29 is 22.7 Å². The molecule has 0 saturated carbocycles. The van der Waals surface area contributed by atoms with Crippen LogP contribution >= 0.6 is 0 Å². The van der Waals surface area contributed by atoms with Gasteiger partial charge in [0.15, 0.2) is 0 Å². The number of benzene rings is 2. The number of hydrogen-bond acceptors (Lipinski definition) is 6. The first-order valence-electron chi connectivity index (χ1n) is 11.1. The van der Waals surface area contributed by atoms with E-state index in [4.69, 9.17) is 9.47 Å². The van der Waals surface area contributed by atoms with Crippen LogP contribution in [0, 0.1) is 0 Å². The minimum atomic E-state index is -3.71. The Morgan fingerprint density at radius 3 is 2.55 bits per heavy atom. The third kappa shape index (κ3) is 7.53. The van der Waals surface area contributed by atoms with Crippen molar-refractivity contribution in [2.45, 2.75) is 30.3 Å². The van der Waals surface area contributed by atoms with Crippen LogP contribution in [0.2, 0.25) is 0 Å². The zero-order valence-corrected chi connectivity index (χ0v) is 20.1. The molecular formula is C24H33N3O5S. The molecule has 180 valence electrons. The van der Waals surface area contributed by atoms with Crippen LogP contribution in [0.15, 0.2) is 59.5 Å². The maximum Gasteiger partial charge on any atom is 0.243 e. The highest BCUT2D eigenvalue weighted by atomic mass is 32.2. The lowest BCUT2D eigenvalue weighted by Crippen LogP contribution is -2.38. The third-order valence-corrected chi connectivity index (χ3v) is 7.55. The molecule has 0 bridgehead atoms. The second kappa shape index (κ2) is 12.1. The largest absolute Gasteiger partial charge is 0.492 e. The summed E-state index contributed by atoms with van der Waals surface area (Å²) in [6.07, 6.45) is 2.10. The first kappa shape index (κ1) is 25.2. The predicted molar refractivity (Wildman–Crippen MR) is 127 cm³/mol. The second-order valence-electron chi connectivity index (χ2n) is 8.17. The summed E-state index contributed by atoms with van der Waals surface area (Å²) in [5.41, 5.74) is 0.882. The highest BCUT2D eigenvalue weighted by Crippen LogP contribution is 2.16. The van der Waals surface area contributed by atoms with Gasteiger partial charge in [-0.1, -0.05) is 30.3 Å². The molecule has 1 saturated heterocycles. The molecule has 2 aromatic rings. The molecule has 0 spiro atoms. The number of amides is 1. The molecule has 1 aliphatic heterocycles. The molecule has 1 heterocycles. The molecule has 0 aliphatic carbocycles. The van der Waals surface area contributed by atoms with Crippen LogP contribution in [0.5, 0.6) is 5.75 Å². The summed E-state index contributed by atoms with van der Waals surface area (Å²) in [7, 11) is -0.200. The van der Waals surface area contributed by atoms with Crippen LogP contribution < -0.4 is 10.1 Å².